The molecule has 1 atom stereocenters. The molecule has 0 saturated heterocycles. The maximum atomic E-state index is 13.5. The third kappa shape index (κ3) is 3.98. The normalized spacial score (nSPS) is 14.9. The lowest BCUT2D eigenvalue weighted by molar-refractivity contribution is -0.118. The van der Waals surface area contributed by atoms with Gasteiger partial charge in [0.15, 0.2) is 23.0 Å². The van der Waals surface area contributed by atoms with Gasteiger partial charge in [0.05, 0.1) is 46.5 Å². The number of carbonyl (C=O) groups is 2. The lowest BCUT2D eigenvalue weighted by Crippen LogP contribution is -2.41. The van der Waals surface area contributed by atoms with Gasteiger partial charge < -0.3 is 29.0 Å². The van der Waals surface area contributed by atoms with Crippen LogP contribution in [0.2, 0.25) is 0 Å². The summed E-state index contributed by atoms with van der Waals surface area (Å²) < 4.78 is 21.9. The summed E-state index contributed by atoms with van der Waals surface area (Å²) in [5.74, 6) is 1.01. The zero-order chi connectivity index (χ0) is 24.4. The number of anilines is 1. The van der Waals surface area contributed by atoms with Crippen molar-refractivity contribution in [1.29, 1.82) is 0 Å². The van der Waals surface area contributed by atoms with Crippen LogP contribution in [-0.4, -0.2) is 45.4 Å². The second-order valence-corrected chi connectivity index (χ2v) is 7.72. The molecule has 1 N–H and O–H groups in total. The summed E-state index contributed by atoms with van der Waals surface area (Å²) in [5, 5.41) is 9.28. The van der Waals surface area contributed by atoms with Gasteiger partial charge in [-0.15, -0.1) is 0 Å². The summed E-state index contributed by atoms with van der Waals surface area (Å²) in [7, 11) is 6.23. The number of ether oxygens (including phenoxy) is 4. The van der Waals surface area contributed by atoms with Crippen molar-refractivity contribution in [3.8, 4) is 23.0 Å². The maximum Gasteiger partial charge on any atom is 0.335 e. The van der Waals surface area contributed by atoms with Crippen molar-refractivity contribution in [2.45, 2.75) is 12.5 Å². The van der Waals surface area contributed by atoms with Gasteiger partial charge in [-0.1, -0.05) is 6.07 Å². The van der Waals surface area contributed by atoms with E-state index in [1.54, 1.807) is 51.5 Å². The van der Waals surface area contributed by atoms with Crippen LogP contribution in [0.5, 0.6) is 23.0 Å². The Morgan fingerprint density at radius 3 is 2.00 bits per heavy atom. The van der Waals surface area contributed by atoms with Gasteiger partial charge in [0.2, 0.25) is 5.91 Å². The number of nitrogens with zero attached hydrogens (tertiary/aromatic N) is 1. The Labute approximate surface area is 197 Å². The first-order chi connectivity index (χ1) is 16.4. The number of amides is 1. The van der Waals surface area contributed by atoms with Crippen LogP contribution in [0.1, 0.15) is 33.1 Å². The molecule has 176 valence electrons. The number of benzene rings is 3. The molecule has 34 heavy (non-hydrogen) atoms. The first-order valence-electron chi connectivity index (χ1n) is 10.5. The molecule has 3 aromatic carbocycles. The van der Waals surface area contributed by atoms with Gasteiger partial charge in [0.1, 0.15) is 0 Å². The van der Waals surface area contributed by atoms with Gasteiger partial charge in [0.25, 0.3) is 0 Å². The molecule has 0 bridgehead atoms. The van der Waals surface area contributed by atoms with Crippen molar-refractivity contribution in [3.05, 3.63) is 76.9 Å². The molecule has 0 aliphatic carbocycles. The highest BCUT2D eigenvalue weighted by Gasteiger charge is 2.36. The van der Waals surface area contributed by atoms with Gasteiger partial charge in [0, 0.05) is 5.69 Å². The second-order valence-electron chi connectivity index (χ2n) is 7.72. The molecule has 0 aromatic heterocycles. The van der Waals surface area contributed by atoms with Crippen molar-refractivity contribution in [2.24, 2.45) is 0 Å². The largest absolute Gasteiger partial charge is 0.493 e. The standard InChI is InChI=1S/C26H25NO7/c1-31-20-10-7-16(11-21(20)32-2)25-19-14-23(34-4)22(33-3)12-17(19)13-24(28)27(25)18-8-5-15(6-9-18)26(29)30/h5-12,14,25H,13H2,1-4H3,(H,29,30)/t25-/m0/s1. The topological polar surface area (TPSA) is 94.5 Å². The van der Waals surface area contributed by atoms with Crippen LogP contribution < -0.4 is 23.8 Å². The molecule has 3 aromatic rings. The summed E-state index contributed by atoms with van der Waals surface area (Å²) in [5.41, 5.74) is 3.20. The molecule has 1 aliphatic rings. The number of hydrogen-bond donors (Lipinski definition) is 1. The molecule has 0 fully saturated rings. The molecule has 4 rings (SSSR count). The van der Waals surface area contributed by atoms with E-state index in [1.165, 1.54) is 12.1 Å². The van der Waals surface area contributed by atoms with Gasteiger partial charge in [-0.05, 0) is 65.2 Å². The number of methoxy groups -OCH3 is 4. The molecule has 8 heteroatoms. The van der Waals surface area contributed by atoms with E-state index >= 15 is 0 Å². The quantitative estimate of drug-likeness (QED) is 0.564. The third-order valence-corrected chi connectivity index (χ3v) is 5.92. The maximum absolute atomic E-state index is 13.5. The van der Waals surface area contributed by atoms with E-state index in [1.807, 2.05) is 24.3 Å². The van der Waals surface area contributed by atoms with Crippen LogP contribution in [0.25, 0.3) is 0 Å². The van der Waals surface area contributed by atoms with E-state index in [2.05, 4.69) is 0 Å². The molecule has 0 saturated carbocycles. The molecular formula is C26H25NO7. The Bertz CT molecular complexity index is 1240. The Morgan fingerprint density at radius 2 is 1.41 bits per heavy atom. The summed E-state index contributed by atoms with van der Waals surface area (Å²) >= 11 is 0. The number of rotatable bonds is 7. The number of carbonyl (C=O) groups excluding carboxylic acids is 1. The van der Waals surface area contributed by atoms with Crippen molar-refractivity contribution in [1.82, 2.24) is 0 Å². The highest BCUT2D eigenvalue weighted by Crippen LogP contribution is 2.44. The number of carboxylic acids is 1. The predicted octanol–water partition coefficient (Wildman–Crippen LogP) is 4.10. The number of aromatic carboxylic acids is 1. The molecule has 1 aliphatic heterocycles. The number of hydrogen-bond acceptors (Lipinski definition) is 6. The van der Waals surface area contributed by atoms with E-state index < -0.39 is 12.0 Å². The van der Waals surface area contributed by atoms with Gasteiger partial charge in [-0.2, -0.15) is 0 Å². The van der Waals surface area contributed by atoms with E-state index in [-0.39, 0.29) is 17.9 Å². The van der Waals surface area contributed by atoms with Crippen molar-refractivity contribution in [3.63, 3.8) is 0 Å². The lowest BCUT2D eigenvalue weighted by atomic mass is 9.86. The van der Waals surface area contributed by atoms with Crippen LogP contribution in [0.15, 0.2) is 54.6 Å². The van der Waals surface area contributed by atoms with E-state index in [9.17, 15) is 14.7 Å². The van der Waals surface area contributed by atoms with Crippen molar-refractivity contribution in [2.75, 3.05) is 33.3 Å². The van der Waals surface area contributed by atoms with Gasteiger partial charge >= 0.3 is 5.97 Å². The molecule has 0 radical (unpaired) electrons. The number of carboxylic acid groups (broad SMARTS) is 1. The minimum Gasteiger partial charge on any atom is -0.493 e. The zero-order valence-corrected chi connectivity index (χ0v) is 19.3. The fraction of sp³-hybridized carbons (Fsp3) is 0.231. The van der Waals surface area contributed by atoms with Gasteiger partial charge in [-0.25, -0.2) is 4.79 Å². The molecule has 8 nitrogen and oxygen atoms in total. The molecule has 1 amide bonds. The average molecular weight is 463 g/mol. The fourth-order valence-corrected chi connectivity index (χ4v) is 4.28. The van der Waals surface area contributed by atoms with Crippen LogP contribution >= 0.6 is 0 Å². The second kappa shape index (κ2) is 9.35. The van der Waals surface area contributed by atoms with Crippen LogP contribution in [0, 0.1) is 0 Å². The summed E-state index contributed by atoms with van der Waals surface area (Å²) in [4.78, 5) is 26.5. The Kier molecular flexibility index (Phi) is 6.32. The zero-order valence-electron chi connectivity index (χ0n) is 19.3. The highest BCUT2D eigenvalue weighted by atomic mass is 16.5. The summed E-state index contributed by atoms with van der Waals surface area (Å²) in [6.45, 7) is 0. The van der Waals surface area contributed by atoms with Crippen LogP contribution in [0.3, 0.4) is 0 Å². The first-order valence-corrected chi connectivity index (χ1v) is 10.5. The first kappa shape index (κ1) is 23.0. The Balaban J connectivity index is 1.94. The van der Waals surface area contributed by atoms with E-state index in [4.69, 9.17) is 18.9 Å². The monoisotopic (exact) mass is 463 g/mol. The molecule has 0 unspecified atom stereocenters. The van der Waals surface area contributed by atoms with Crippen LogP contribution in [-0.2, 0) is 11.2 Å². The Hall–Kier alpha value is -4.20. The van der Waals surface area contributed by atoms with Crippen LogP contribution in [0.4, 0.5) is 5.69 Å². The average Bonchev–Trinajstić information content (AvgIpc) is 2.86. The van der Waals surface area contributed by atoms with Crippen molar-refractivity contribution >= 4 is 17.6 Å². The van der Waals surface area contributed by atoms with E-state index in [0.29, 0.717) is 28.7 Å². The minimum atomic E-state index is -1.03. The number of fused-ring (bicyclic) bond motifs is 1. The minimum absolute atomic E-state index is 0.137. The predicted molar refractivity (Wildman–Crippen MR) is 126 cm³/mol. The Morgan fingerprint density at radius 1 is 0.824 bits per heavy atom. The summed E-state index contributed by atoms with van der Waals surface area (Å²) in [6.07, 6.45) is 0.153. The van der Waals surface area contributed by atoms with Crippen molar-refractivity contribution < 1.29 is 33.6 Å². The smallest absolute Gasteiger partial charge is 0.335 e. The van der Waals surface area contributed by atoms with Gasteiger partial charge in [-0.3, -0.25) is 4.79 Å². The van der Waals surface area contributed by atoms with E-state index in [0.717, 1.165) is 16.7 Å². The third-order valence-electron chi connectivity index (χ3n) is 5.92. The molecule has 0 spiro atoms. The fourth-order valence-electron chi connectivity index (χ4n) is 4.28. The molecule has 1 heterocycles. The highest BCUT2D eigenvalue weighted by molar-refractivity contribution is 5.99. The summed E-state index contributed by atoms with van der Waals surface area (Å²) in [6, 6.07) is 14.9. The SMILES string of the molecule is COc1ccc([C@H]2c3cc(OC)c(OC)cc3CC(=O)N2c2ccc(C(=O)O)cc2)cc1OC. The lowest BCUT2D eigenvalue weighted by Gasteiger charge is -2.38. The molecular weight excluding hydrogens is 438 g/mol.